The van der Waals surface area contributed by atoms with Gasteiger partial charge in [0.2, 0.25) is 11.7 Å². The number of hydrogen-bond donors (Lipinski definition) is 2. The van der Waals surface area contributed by atoms with Gasteiger partial charge in [0.1, 0.15) is 11.6 Å². The highest BCUT2D eigenvalue weighted by atomic mass is 16.6. The molecular weight excluding hydrogens is 498 g/mol. The second-order valence-corrected chi connectivity index (χ2v) is 13.9. The predicted octanol–water partition coefficient (Wildman–Crippen LogP) is 4.05. The molecule has 9 heteroatoms. The number of piperidine rings is 1. The molecule has 3 amide bonds. The molecule has 2 aliphatic rings. The molecule has 1 saturated carbocycles. The summed E-state index contributed by atoms with van der Waals surface area (Å²) in [5.41, 5.74) is -1.12. The highest BCUT2D eigenvalue weighted by Crippen LogP contribution is 2.65. The highest BCUT2D eigenvalue weighted by Gasteiger charge is 2.69. The zero-order valence-electron chi connectivity index (χ0n) is 25.3. The van der Waals surface area contributed by atoms with E-state index in [1.807, 2.05) is 27.7 Å². The van der Waals surface area contributed by atoms with Gasteiger partial charge in [-0.25, -0.2) is 4.79 Å². The Bertz CT molecular complexity index is 974. The third kappa shape index (κ3) is 8.39. The van der Waals surface area contributed by atoms with Crippen molar-refractivity contribution >= 4 is 29.5 Å². The van der Waals surface area contributed by atoms with Crippen LogP contribution in [0.3, 0.4) is 0 Å². The van der Waals surface area contributed by atoms with Crippen LogP contribution in [0.5, 0.6) is 0 Å². The standard InChI is InChI=1S/C30H49N3O6/c1-11-13-18(24(35)25(36)31-14-12-2)15-21(34)23-22-19(30(22,9)10)17-33(23)26(37)20(16-28(3,4)5)32-27(38)39-29(6,7)8/h12,18-20,22-23H,2,11,13-17H2,1,3-10H3,(H,31,36)(H,32,38)/t18?,19-,20-,22-,23+/m0/s1. The zero-order valence-corrected chi connectivity index (χ0v) is 25.3. The van der Waals surface area contributed by atoms with Crippen molar-refractivity contribution in [2.24, 2.45) is 28.6 Å². The summed E-state index contributed by atoms with van der Waals surface area (Å²) in [6.07, 6.45) is 2.10. The third-order valence-corrected chi connectivity index (χ3v) is 7.71. The minimum Gasteiger partial charge on any atom is -0.444 e. The Hall–Kier alpha value is -2.71. The van der Waals surface area contributed by atoms with E-state index in [0.29, 0.717) is 25.8 Å². The average Bonchev–Trinajstić information content (AvgIpc) is 3.13. The number of amides is 3. The lowest BCUT2D eigenvalue weighted by molar-refractivity contribution is -0.144. The van der Waals surface area contributed by atoms with E-state index in [0.717, 1.165) is 0 Å². The van der Waals surface area contributed by atoms with Gasteiger partial charge < -0.3 is 20.3 Å². The van der Waals surface area contributed by atoms with Crippen molar-refractivity contribution in [2.45, 2.75) is 106 Å². The third-order valence-electron chi connectivity index (χ3n) is 7.71. The van der Waals surface area contributed by atoms with Crippen LogP contribution in [0.2, 0.25) is 0 Å². The molecule has 39 heavy (non-hydrogen) atoms. The lowest BCUT2D eigenvalue weighted by atomic mass is 9.86. The van der Waals surface area contributed by atoms with Crippen LogP contribution in [0.1, 0.15) is 88.0 Å². The van der Waals surface area contributed by atoms with Crippen molar-refractivity contribution < 1.29 is 28.7 Å². The lowest BCUT2D eigenvalue weighted by Gasteiger charge is -2.35. The van der Waals surface area contributed by atoms with E-state index in [-0.39, 0.29) is 47.3 Å². The first-order chi connectivity index (χ1) is 17.8. The Morgan fingerprint density at radius 2 is 1.72 bits per heavy atom. The van der Waals surface area contributed by atoms with E-state index in [4.69, 9.17) is 4.74 Å². The minimum absolute atomic E-state index is 0.0299. The molecule has 5 atom stereocenters. The van der Waals surface area contributed by atoms with E-state index >= 15 is 0 Å². The summed E-state index contributed by atoms with van der Waals surface area (Å²) in [4.78, 5) is 67.3. The molecular formula is C30H49N3O6. The van der Waals surface area contributed by atoms with Gasteiger partial charge in [-0.15, -0.1) is 6.58 Å². The number of alkyl carbamates (subject to hydrolysis) is 1. The van der Waals surface area contributed by atoms with Crippen molar-refractivity contribution in [1.29, 1.82) is 0 Å². The van der Waals surface area contributed by atoms with Crippen LogP contribution >= 0.6 is 0 Å². The van der Waals surface area contributed by atoms with Crippen LogP contribution in [-0.4, -0.2) is 65.1 Å². The van der Waals surface area contributed by atoms with Crippen molar-refractivity contribution in [1.82, 2.24) is 15.5 Å². The van der Waals surface area contributed by atoms with Crippen LogP contribution in [0.25, 0.3) is 0 Å². The second-order valence-electron chi connectivity index (χ2n) is 13.9. The quantitative estimate of drug-likeness (QED) is 0.281. The molecule has 9 nitrogen and oxygen atoms in total. The van der Waals surface area contributed by atoms with Crippen molar-refractivity contribution in [3.05, 3.63) is 12.7 Å². The van der Waals surface area contributed by atoms with E-state index in [1.165, 1.54) is 6.08 Å². The first-order valence-corrected chi connectivity index (χ1v) is 14.1. The first-order valence-electron chi connectivity index (χ1n) is 14.1. The highest BCUT2D eigenvalue weighted by molar-refractivity contribution is 6.37. The van der Waals surface area contributed by atoms with Gasteiger partial charge in [-0.2, -0.15) is 0 Å². The van der Waals surface area contributed by atoms with Crippen LogP contribution in [-0.2, 0) is 23.9 Å². The van der Waals surface area contributed by atoms with Gasteiger partial charge in [0, 0.05) is 25.4 Å². The molecule has 220 valence electrons. The summed E-state index contributed by atoms with van der Waals surface area (Å²) < 4.78 is 5.42. The molecule has 0 bridgehead atoms. The van der Waals surface area contributed by atoms with Gasteiger partial charge in [-0.05, 0) is 56.3 Å². The number of nitrogens with one attached hydrogen (secondary N) is 2. The number of rotatable bonds is 12. The van der Waals surface area contributed by atoms with E-state index in [1.54, 1.807) is 25.7 Å². The topological polar surface area (TPSA) is 122 Å². The Morgan fingerprint density at radius 3 is 2.23 bits per heavy atom. The average molecular weight is 548 g/mol. The Morgan fingerprint density at radius 1 is 1.10 bits per heavy atom. The van der Waals surface area contributed by atoms with Crippen molar-refractivity contribution in [3.8, 4) is 0 Å². The monoisotopic (exact) mass is 547 g/mol. The Kier molecular flexibility index (Phi) is 10.2. The lowest BCUT2D eigenvalue weighted by Crippen LogP contribution is -2.55. The van der Waals surface area contributed by atoms with Gasteiger partial charge >= 0.3 is 6.09 Å². The molecule has 2 fully saturated rings. The van der Waals surface area contributed by atoms with E-state index in [9.17, 15) is 24.0 Å². The fourth-order valence-electron chi connectivity index (χ4n) is 5.82. The Balaban J connectivity index is 2.30. The summed E-state index contributed by atoms with van der Waals surface area (Å²) in [6, 6.07) is -1.57. The number of ether oxygens (including phenoxy) is 1. The van der Waals surface area contributed by atoms with Gasteiger partial charge in [-0.3, -0.25) is 19.2 Å². The second kappa shape index (κ2) is 12.2. The molecule has 0 aromatic carbocycles. The molecule has 2 rings (SSSR count). The maximum Gasteiger partial charge on any atom is 0.408 e. The Labute approximate surface area is 233 Å². The van der Waals surface area contributed by atoms with Crippen LogP contribution in [0.4, 0.5) is 4.79 Å². The molecule has 1 aliphatic heterocycles. The number of carbonyl (C=O) groups is 5. The molecule has 1 heterocycles. The van der Waals surface area contributed by atoms with E-state index < -0.39 is 41.4 Å². The fourth-order valence-corrected chi connectivity index (χ4v) is 5.82. The van der Waals surface area contributed by atoms with Gasteiger partial charge in [0.05, 0.1) is 6.04 Å². The number of fused-ring (bicyclic) bond motifs is 1. The van der Waals surface area contributed by atoms with Gasteiger partial charge in [0.25, 0.3) is 5.91 Å². The van der Waals surface area contributed by atoms with Crippen LogP contribution in [0, 0.1) is 28.6 Å². The number of likely N-dealkylation sites (tertiary alicyclic amines) is 1. The summed E-state index contributed by atoms with van der Waals surface area (Å²) in [5, 5.41) is 5.26. The maximum atomic E-state index is 14.0. The molecule has 2 N–H and O–H groups in total. The van der Waals surface area contributed by atoms with Gasteiger partial charge in [0.15, 0.2) is 5.78 Å². The number of carbonyl (C=O) groups excluding carboxylic acids is 5. The molecule has 0 spiro atoms. The minimum atomic E-state index is -0.867. The summed E-state index contributed by atoms with van der Waals surface area (Å²) >= 11 is 0. The maximum absolute atomic E-state index is 14.0. The molecule has 1 unspecified atom stereocenters. The normalized spacial score (nSPS) is 23.2. The van der Waals surface area contributed by atoms with E-state index in [2.05, 4.69) is 31.1 Å². The van der Waals surface area contributed by atoms with Crippen LogP contribution in [0.15, 0.2) is 12.7 Å². The number of hydrogen-bond acceptors (Lipinski definition) is 6. The molecule has 1 aliphatic carbocycles. The SMILES string of the molecule is C=CCNC(=O)C(=O)C(CCC)CC(=O)[C@@H]1[C@@H]2[C@H](CN1C(=O)[C@H](CC(C)(C)C)NC(=O)OC(C)(C)C)C2(C)C. The first kappa shape index (κ1) is 32.5. The number of Topliss-reactive ketones (excluding diaryl/α,β-unsaturated/α-hetero) is 2. The molecule has 0 aromatic heterocycles. The largest absolute Gasteiger partial charge is 0.444 e. The fraction of sp³-hybridized carbons (Fsp3) is 0.767. The summed E-state index contributed by atoms with van der Waals surface area (Å²) in [5.74, 6) is -2.50. The smallest absolute Gasteiger partial charge is 0.408 e. The summed E-state index contributed by atoms with van der Waals surface area (Å²) in [7, 11) is 0. The molecule has 0 radical (unpaired) electrons. The van der Waals surface area contributed by atoms with Crippen molar-refractivity contribution in [2.75, 3.05) is 13.1 Å². The number of nitrogens with zero attached hydrogens (tertiary/aromatic N) is 1. The zero-order chi connectivity index (χ0) is 29.9. The predicted molar refractivity (Wildman–Crippen MR) is 150 cm³/mol. The van der Waals surface area contributed by atoms with Crippen LogP contribution < -0.4 is 10.6 Å². The molecule has 0 aromatic rings. The van der Waals surface area contributed by atoms with Crippen molar-refractivity contribution in [3.63, 3.8) is 0 Å². The van der Waals surface area contributed by atoms with Gasteiger partial charge in [-0.1, -0.05) is 54.0 Å². The summed E-state index contributed by atoms with van der Waals surface area (Å²) in [6.45, 7) is 21.4. The molecule has 1 saturated heterocycles. The number of ketones is 2.